The van der Waals surface area contributed by atoms with Crippen molar-refractivity contribution in [2.75, 3.05) is 6.54 Å². The van der Waals surface area contributed by atoms with Crippen LogP contribution >= 0.6 is 0 Å². The number of hydrogen-bond donors (Lipinski definition) is 3. The van der Waals surface area contributed by atoms with Crippen molar-refractivity contribution in [1.82, 2.24) is 5.32 Å². The molecule has 1 fully saturated rings. The van der Waals surface area contributed by atoms with Crippen LogP contribution in [0.3, 0.4) is 0 Å². The zero-order chi connectivity index (χ0) is 13.0. The molecule has 0 amide bonds. The van der Waals surface area contributed by atoms with Crippen LogP contribution in [-0.2, 0) is 6.54 Å². The predicted molar refractivity (Wildman–Crippen MR) is 67.8 cm³/mol. The second-order valence-electron chi connectivity index (χ2n) is 4.96. The molecule has 0 spiro atoms. The Morgan fingerprint density at radius 3 is 2.78 bits per heavy atom. The van der Waals surface area contributed by atoms with Crippen molar-refractivity contribution >= 4 is 5.84 Å². The number of benzene rings is 1. The lowest BCUT2D eigenvalue weighted by Crippen LogP contribution is -2.28. The molecule has 4 nitrogen and oxygen atoms in total. The van der Waals surface area contributed by atoms with E-state index >= 15 is 0 Å². The van der Waals surface area contributed by atoms with E-state index in [9.17, 15) is 4.39 Å². The Bertz CT molecular complexity index is 444. The molecule has 2 rings (SSSR count). The average Bonchev–Trinajstić information content (AvgIpc) is 3.11. The lowest BCUT2D eigenvalue weighted by atomic mass is 10.0. The van der Waals surface area contributed by atoms with Crippen LogP contribution in [-0.4, -0.2) is 17.6 Å². The molecule has 18 heavy (non-hydrogen) atoms. The van der Waals surface area contributed by atoms with E-state index in [1.807, 2.05) is 6.07 Å². The molecule has 1 aromatic carbocycles. The van der Waals surface area contributed by atoms with Gasteiger partial charge in [-0.15, -0.1) is 0 Å². The summed E-state index contributed by atoms with van der Waals surface area (Å²) in [6, 6.07) is 6.73. The molecule has 0 atom stereocenters. The van der Waals surface area contributed by atoms with Crippen LogP contribution < -0.4 is 11.1 Å². The molecule has 1 aliphatic rings. The fraction of sp³-hybridized carbons (Fsp3) is 0.462. The molecule has 0 radical (unpaired) electrons. The average molecular weight is 251 g/mol. The normalized spacial score (nSPS) is 17.7. The number of halogens is 1. The fourth-order valence-electron chi connectivity index (χ4n) is 2.12. The summed E-state index contributed by atoms with van der Waals surface area (Å²) < 4.78 is 13.4. The lowest BCUT2D eigenvalue weighted by Gasteiger charge is -2.15. The van der Waals surface area contributed by atoms with Crippen molar-refractivity contribution in [3.63, 3.8) is 0 Å². The maximum absolute atomic E-state index is 13.4. The first-order chi connectivity index (χ1) is 8.65. The molecular formula is C13H18FN3O. The van der Waals surface area contributed by atoms with Gasteiger partial charge in [0.15, 0.2) is 0 Å². The summed E-state index contributed by atoms with van der Waals surface area (Å²) in [6.45, 7) is 1.27. The molecule has 5 heteroatoms. The molecule has 0 heterocycles. The molecule has 1 aromatic rings. The van der Waals surface area contributed by atoms with Gasteiger partial charge in [-0.05, 0) is 24.3 Å². The Morgan fingerprint density at radius 2 is 2.17 bits per heavy atom. The van der Waals surface area contributed by atoms with Crippen LogP contribution in [0.15, 0.2) is 29.4 Å². The predicted octanol–water partition coefficient (Wildman–Crippen LogP) is 1.83. The van der Waals surface area contributed by atoms with E-state index in [1.165, 1.54) is 6.07 Å². The second kappa shape index (κ2) is 5.35. The maximum atomic E-state index is 13.4. The minimum Gasteiger partial charge on any atom is -0.409 e. The Balaban J connectivity index is 1.81. The number of oxime groups is 1. The third-order valence-corrected chi connectivity index (χ3v) is 3.41. The Kier molecular flexibility index (Phi) is 3.81. The summed E-state index contributed by atoms with van der Waals surface area (Å²) in [6.07, 6.45) is 2.72. The number of rotatable bonds is 6. The van der Waals surface area contributed by atoms with Gasteiger partial charge in [-0.3, -0.25) is 0 Å². The summed E-state index contributed by atoms with van der Waals surface area (Å²) in [5.74, 6) is 0.0754. The van der Waals surface area contributed by atoms with Crippen molar-refractivity contribution in [3.05, 3.63) is 35.6 Å². The zero-order valence-corrected chi connectivity index (χ0v) is 10.2. The summed E-state index contributed by atoms with van der Waals surface area (Å²) >= 11 is 0. The van der Waals surface area contributed by atoms with Crippen molar-refractivity contribution in [2.24, 2.45) is 16.3 Å². The smallest absolute Gasteiger partial charge is 0.139 e. The van der Waals surface area contributed by atoms with Crippen LogP contribution in [0.1, 0.15) is 24.8 Å². The number of nitrogens with one attached hydrogen (secondary N) is 1. The van der Waals surface area contributed by atoms with Gasteiger partial charge in [0.05, 0.1) is 0 Å². The maximum Gasteiger partial charge on any atom is 0.139 e. The van der Waals surface area contributed by atoms with E-state index < -0.39 is 0 Å². The van der Waals surface area contributed by atoms with Gasteiger partial charge in [-0.2, -0.15) is 0 Å². The zero-order valence-electron chi connectivity index (χ0n) is 10.2. The third-order valence-electron chi connectivity index (χ3n) is 3.41. The topological polar surface area (TPSA) is 70.6 Å². The molecular weight excluding hydrogens is 233 g/mol. The summed E-state index contributed by atoms with van der Waals surface area (Å²) in [5, 5.41) is 14.8. The first-order valence-electron chi connectivity index (χ1n) is 6.06. The van der Waals surface area contributed by atoms with Crippen LogP contribution in [0.25, 0.3) is 0 Å². The van der Waals surface area contributed by atoms with Gasteiger partial charge < -0.3 is 16.3 Å². The van der Waals surface area contributed by atoms with Crippen molar-refractivity contribution in [1.29, 1.82) is 0 Å². The lowest BCUT2D eigenvalue weighted by molar-refractivity contribution is 0.314. The van der Waals surface area contributed by atoms with Gasteiger partial charge in [-0.1, -0.05) is 23.4 Å². The fourth-order valence-corrected chi connectivity index (χ4v) is 2.12. The number of hydrogen-bond acceptors (Lipinski definition) is 3. The number of amidine groups is 1. The molecule has 0 aliphatic heterocycles. The summed E-state index contributed by atoms with van der Waals surface area (Å²) in [4.78, 5) is 0. The highest BCUT2D eigenvalue weighted by molar-refractivity contribution is 5.80. The molecule has 0 aromatic heterocycles. The van der Waals surface area contributed by atoms with E-state index in [1.54, 1.807) is 12.1 Å². The first kappa shape index (κ1) is 12.8. The highest BCUT2D eigenvalue weighted by Gasteiger charge is 2.42. The van der Waals surface area contributed by atoms with E-state index in [0.717, 1.165) is 19.4 Å². The van der Waals surface area contributed by atoms with Crippen LogP contribution in [0.5, 0.6) is 0 Å². The minimum atomic E-state index is -0.189. The summed E-state index contributed by atoms with van der Waals surface area (Å²) in [5.41, 5.74) is 6.28. The van der Waals surface area contributed by atoms with Crippen molar-refractivity contribution in [2.45, 2.75) is 25.8 Å². The molecule has 1 aliphatic carbocycles. The van der Waals surface area contributed by atoms with Crippen LogP contribution in [0.4, 0.5) is 4.39 Å². The monoisotopic (exact) mass is 251 g/mol. The van der Waals surface area contributed by atoms with E-state index in [2.05, 4.69) is 10.5 Å². The SMILES string of the molecule is NC(CC1(CNCc2ccccc2F)CC1)=NO. The molecule has 0 saturated heterocycles. The Labute approximate surface area is 106 Å². The van der Waals surface area contributed by atoms with Crippen molar-refractivity contribution < 1.29 is 9.60 Å². The van der Waals surface area contributed by atoms with Gasteiger partial charge in [0.25, 0.3) is 0 Å². The highest BCUT2D eigenvalue weighted by atomic mass is 19.1. The number of nitrogens with zero attached hydrogens (tertiary/aromatic N) is 1. The van der Waals surface area contributed by atoms with Gasteiger partial charge >= 0.3 is 0 Å². The van der Waals surface area contributed by atoms with Crippen LogP contribution in [0.2, 0.25) is 0 Å². The summed E-state index contributed by atoms with van der Waals surface area (Å²) in [7, 11) is 0. The van der Waals surface area contributed by atoms with Crippen molar-refractivity contribution in [3.8, 4) is 0 Å². The van der Waals surface area contributed by atoms with Gasteiger partial charge in [0, 0.05) is 25.1 Å². The van der Waals surface area contributed by atoms with Crippen LogP contribution in [0, 0.1) is 11.2 Å². The van der Waals surface area contributed by atoms with E-state index in [0.29, 0.717) is 18.5 Å². The van der Waals surface area contributed by atoms with Gasteiger partial charge in [0.2, 0.25) is 0 Å². The quantitative estimate of drug-likeness (QED) is 0.312. The van der Waals surface area contributed by atoms with Gasteiger partial charge in [-0.25, -0.2) is 4.39 Å². The van der Waals surface area contributed by atoms with E-state index in [-0.39, 0.29) is 17.1 Å². The molecule has 1 saturated carbocycles. The minimum absolute atomic E-state index is 0.0988. The molecule has 0 unspecified atom stereocenters. The first-order valence-corrected chi connectivity index (χ1v) is 6.06. The Morgan fingerprint density at radius 1 is 1.44 bits per heavy atom. The Hall–Kier alpha value is -1.62. The molecule has 98 valence electrons. The van der Waals surface area contributed by atoms with E-state index in [4.69, 9.17) is 10.9 Å². The molecule has 0 bridgehead atoms. The largest absolute Gasteiger partial charge is 0.409 e. The third kappa shape index (κ3) is 3.20. The molecule has 4 N–H and O–H groups in total. The second-order valence-corrected chi connectivity index (χ2v) is 4.96. The van der Waals surface area contributed by atoms with Gasteiger partial charge in [0.1, 0.15) is 11.7 Å². The standard InChI is InChI=1S/C13H18FN3O/c14-11-4-2-1-3-10(11)8-16-9-13(5-6-13)7-12(15)17-18/h1-4,16,18H,5-9H2,(H2,15,17). The number of nitrogens with two attached hydrogens (primary N) is 1. The highest BCUT2D eigenvalue weighted by Crippen LogP contribution is 2.48.